The van der Waals surface area contributed by atoms with E-state index in [4.69, 9.17) is 30.2 Å². The van der Waals surface area contributed by atoms with E-state index in [-0.39, 0.29) is 18.2 Å². The Kier molecular flexibility index (Phi) is 6.42. The maximum atomic E-state index is 13.7. The number of benzene rings is 2. The molecule has 2 heterocycles. The molecule has 4 rings (SSSR count). The largest absolute Gasteiger partial charge is 0.493 e. The molecule has 8 heteroatoms. The summed E-state index contributed by atoms with van der Waals surface area (Å²) in [5.74, 6) is 1.85. The van der Waals surface area contributed by atoms with Gasteiger partial charge in [-0.05, 0) is 55.0 Å². The van der Waals surface area contributed by atoms with Gasteiger partial charge in [0.05, 0.1) is 27.9 Å². The van der Waals surface area contributed by atoms with Gasteiger partial charge in [0.15, 0.2) is 17.3 Å². The first-order chi connectivity index (χ1) is 16.0. The van der Waals surface area contributed by atoms with E-state index in [9.17, 15) is 4.79 Å². The zero-order chi connectivity index (χ0) is 23.5. The average molecular weight is 467 g/mol. The molecule has 33 heavy (non-hydrogen) atoms. The SMILES string of the molecule is COc1cc(CN(C(=O)c2oc3ccc(Cl)cc3c2C)c2ccccn2)cc(OC)c1OC. The first-order valence-corrected chi connectivity index (χ1v) is 10.5. The lowest BCUT2D eigenvalue weighted by atomic mass is 10.1. The molecule has 0 radical (unpaired) electrons. The molecule has 0 aliphatic rings. The van der Waals surface area contributed by atoms with E-state index in [2.05, 4.69) is 4.98 Å². The molecule has 0 fully saturated rings. The van der Waals surface area contributed by atoms with Gasteiger partial charge in [0.2, 0.25) is 5.75 Å². The average Bonchev–Trinajstić information content (AvgIpc) is 3.17. The van der Waals surface area contributed by atoms with E-state index in [1.54, 1.807) is 74.9 Å². The minimum absolute atomic E-state index is 0.198. The third-order valence-corrected chi connectivity index (χ3v) is 5.56. The summed E-state index contributed by atoms with van der Waals surface area (Å²) < 4.78 is 22.3. The normalized spacial score (nSPS) is 10.8. The number of carbonyl (C=O) groups is 1. The number of anilines is 1. The Labute approximate surface area is 196 Å². The lowest BCUT2D eigenvalue weighted by Gasteiger charge is -2.22. The number of hydrogen-bond acceptors (Lipinski definition) is 6. The van der Waals surface area contributed by atoms with Crippen molar-refractivity contribution in [1.82, 2.24) is 4.98 Å². The van der Waals surface area contributed by atoms with Crippen molar-refractivity contribution in [2.45, 2.75) is 13.5 Å². The standard InChI is InChI=1S/C25H23ClN2O5/c1-15-18-13-17(26)8-9-19(18)33-23(15)25(29)28(22-7-5-6-10-27-22)14-16-11-20(30-2)24(32-4)21(12-16)31-3/h5-13H,14H2,1-4H3. The van der Waals surface area contributed by atoms with Crippen LogP contribution in [0.1, 0.15) is 21.7 Å². The van der Waals surface area contributed by atoms with E-state index in [0.717, 1.165) is 10.9 Å². The number of rotatable bonds is 7. The van der Waals surface area contributed by atoms with Gasteiger partial charge in [0.25, 0.3) is 5.91 Å². The van der Waals surface area contributed by atoms with Gasteiger partial charge in [-0.3, -0.25) is 9.69 Å². The summed E-state index contributed by atoms with van der Waals surface area (Å²) in [6.45, 7) is 2.04. The molecule has 0 saturated carbocycles. The molecule has 0 bridgehead atoms. The monoisotopic (exact) mass is 466 g/mol. The lowest BCUT2D eigenvalue weighted by Crippen LogP contribution is -2.31. The Balaban J connectivity index is 1.79. The molecule has 0 unspecified atom stereocenters. The van der Waals surface area contributed by atoms with Gasteiger partial charge in [-0.1, -0.05) is 17.7 Å². The van der Waals surface area contributed by atoms with E-state index in [0.29, 0.717) is 39.2 Å². The van der Waals surface area contributed by atoms with Crippen molar-refractivity contribution in [3.05, 3.63) is 76.6 Å². The molecule has 0 aliphatic carbocycles. The molecular formula is C25H23ClN2O5. The fourth-order valence-corrected chi connectivity index (χ4v) is 3.87. The van der Waals surface area contributed by atoms with Crippen molar-refractivity contribution in [3.63, 3.8) is 0 Å². The molecule has 7 nitrogen and oxygen atoms in total. The Bertz CT molecular complexity index is 1280. The third-order valence-electron chi connectivity index (χ3n) is 5.33. The number of hydrogen-bond donors (Lipinski definition) is 0. The number of amides is 1. The van der Waals surface area contributed by atoms with Crippen LogP contribution in [0.15, 0.2) is 59.1 Å². The summed E-state index contributed by atoms with van der Waals surface area (Å²) in [5.41, 5.74) is 2.07. The second kappa shape index (κ2) is 9.42. The van der Waals surface area contributed by atoms with Crippen molar-refractivity contribution in [3.8, 4) is 17.2 Å². The maximum absolute atomic E-state index is 13.7. The topological polar surface area (TPSA) is 74.0 Å². The van der Waals surface area contributed by atoms with Crippen LogP contribution in [-0.2, 0) is 6.54 Å². The number of fused-ring (bicyclic) bond motifs is 1. The molecule has 4 aromatic rings. The van der Waals surface area contributed by atoms with E-state index < -0.39 is 0 Å². The van der Waals surface area contributed by atoms with Gasteiger partial charge in [0, 0.05) is 22.2 Å². The van der Waals surface area contributed by atoms with E-state index in [1.165, 1.54) is 0 Å². The second-order valence-corrected chi connectivity index (χ2v) is 7.75. The number of carbonyl (C=O) groups excluding carboxylic acids is 1. The van der Waals surface area contributed by atoms with Crippen LogP contribution < -0.4 is 19.1 Å². The highest BCUT2D eigenvalue weighted by Gasteiger charge is 2.26. The lowest BCUT2D eigenvalue weighted by molar-refractivity contribution is 0.0959. The molecule has 1 amide bonds. The van der Waals surface area contributed by atoms with Crippen molar-refractivity contribution in [2.75, 3.05) is 26.2 Å². The van der Waals surface area contributed by atoms with Gasteiger partial charge in [0.1, 0.15) is 11.4 Å². The minimum atomic E-state index is -0.327. The third kappa shape index (κ3) is 4.32. The van der Waals surface area contributed by atoms with Crippen molar-refractivity contribution in [2.24, 2.45) is 0 Å². The van der Waals surface area contributed by atoms with Crippen LogP contribution in [0, 0.1) is 6.92 Å². The quantitative estimate of drug-likeness (QED) is 0.349. The molecule has 0 atom stereocenters. The Morgan fingerprint density at radius 2 is 1.76 bits per heavy atom. The van der Waals surface area contributed by atoms with Crippen LogP contribution in [0.25, 0.3) is 11.0 Å². The van der Waals surface area contributed by atoms with Gasteiger partial charge < -0.3 is 18.6 Å². The van der Waals surface area contributed by atoms with Gasteiger partial charge in [-0.25, -0.2) is 4.98 Å². The maximum Gasteiger partial charge on any atom is 0.295 e. The molecule has 0 N–H and O–H groups in total. The van der Waals surface area contributed by atoms with Crippen LogP contribution >= 0.6 is 11.6 Å². The van der Waals surface area contributed by atoms with Gasteiger partial charge in [-0.15, -0.1) is 0 Å². The van der Waals surface area contributed by atoms with Gasteiger partial charge in [-0.2, -0.15) is 0 Å². The number of halogens is 1. The number of aromatic nitrogens is 1. The fraction of sp³-hybridized carbons (Fsp3) is 0.200. The Morgan fingerprint density at radius 1 is 1.03 bits per heavy atom. The predicted molar refractivity (Wildman–Crippen MR) is 127 cm³/mol. The molecule has 0 saturated heterocycles. The number of pyridine rings is 1. The van der Waals surface area contributed by atoms with Crippen molar-refractivity contribution < 1.29 is 23.4 Å². The minimum Gasteiger partial charge on any atom is -0.493 e. The second-order valence-electron chi connectivity index (χ2n) is 7.31. The summed E-state index contributed by atoms with van der Waals surface area (Å²) in [7, 11) is 4.64. The van der Waals surface area contributed by atoms with Crippen LogP contribution in [0.4, 0.5) is 5.82 Å². The summed E-state index contributed by atoms with van der Waals surface area (Å²) in [4.78, 5) is 19.7. The highest BCUT2D eigenvalue weighted by molar-refractivity contribution is 6.31. The van der Waals surface area contributed by atoms with Crippen LogP contribution in [0.2, 0.25) is 5.02 Å². The number of nitrogens with zero attached hydrogens (tertiary/aromatic N) is 2. The molecule has 0 aliphatic heterocycles. The van der Waals surface area contributed by atoms with E-state index >= 15 is 0 Å². The first kappa shape index (κ1) is 22.5. The van der Waals surface area contributed by atoms with Crippen LogP contribution in [-0.4, -0.2) is 32.2 Å². The zero-order valence-corrected chi connectivity index (χ0v) is 19.5. The van der Waals surface area contributed by atoms with Crippen molar-refractivity contribution in [1.29, 1.82) is 0 Å². The first-order valence-electron chi connectivity index (χ1n) is 10.2. The van der Waals surface area contributed by atoms with Crippen LogP contribution in [0.3, 0.4) is 0 Å². The summed E-state index contributed by atoms with van der Waals surface area (Å²) in [6.07, 6.45) is 1.63. The number of aryl methyl sites for hydroxylation is 1. The predicted octanol–water partition coefficient (Wildman–Crippen LogP) is 5.66. The fourth-order valence-electron chi connectivity index (χ4n) is 3.70. The van der Waals surface area contributed by atoms with Crippen LogP contribution in [0.5, 0.6) is 17.2 Å². The van der Waals surface area contributed by atoms with Crippen molar-refractivity contribution >= 4 is 34.3 Å². The van der Waals surface area contributed by atoms with Gasteiger partial charge >= 0.3 is 0 Å². The molecule has 2 aromatic carbocycles. The smallest absolute Gasteiger partial charge is 0.295 e. The summed E-state index contributed by atoms with van der Waals surface area (Å²) in [6, 6.07) is 14.3. The molecular weight excluding hydrogens is 444 g/mol. The highest BCUT2D eigenvalue weighted by Crippen LogP contribution is 2.39. The molecule has 2 aromatic heterocycles. The molecule has 170 valence electrons. The summed E-state index contributed by atoms with van der Waals surface area (Å²) >= 11 is 6.15. The number of furan rings is 1. The zero-order valence-electron chi connectivity index (χ0n) is 18.7. The number of methoxy groups -OCH3 is 3. The number of ether oxygens (including phenoxy) is 3. The Morgan fingerprint density at radius 3 is 2.36 bits per heavy atom. The summed E-state index contributed by atoms with van der Waals surface area (Å²) in [5, 5.41) is 1.36. The van der Waals surface area contributed by atoms with E-state index in [1.807, 2.05) is 13.0 Å². The Hall–Kier alpha value is -3.71. The molecule has 0 spiro atoms. The highest BCUT2D eigenvalue weighted by atomic mass is 35.5.